The second-order valence-electron chi connectivity index (χ2n) is 11.6. The van der Waals surface area contributed by atoms with E-state index in [1.807, 2.05) is 77.4 Å². The Balaban J connectivity index is 1.35. The third kappa shape index (κ3) is 6.77. The monoisotopic (exact) mass is 611 g/mol. The molecule has 1 saturated heterocycles. The number of nitrogens with one attached hydrogen (secondary N) is 1. The lowest BCUT2D eigenvalue weighted by molar-refractivity contribution is 0.0361. The summed E-state index contributed by atoms with van der Waals surface area (Å²) in [6.07, 6.45) is 2.12. The van der Waals surface area contributed by atoms with E-state index in [0.29, 0.717) is 40.8 Å². The molecule has 0 saturated carbocycles. The molecule has 228 valence electrons. The zero-order valence-corrected chi connectivity index (χ0v) is 25.6. The molecule has 9 nitrogen and oxygen atoms in total. The fourth-order valence-corrected chi connectivity index (χ4v) is 7.23. The van der Waals surface area contributed by atoms with Crippen molar-refractivity contribution < 1.29 is 17.9 Å². The van der Waals surface area contributed by atoms with Crippen LogP contribution >= 0.6 is 0 Å². The van der Waals surface area contributed by atoms with E-state index in [1.165, 1.54) is 0 Å². The minimum Gasteiger partial charge on any atom is -0.461 e. The van der Waals surface area contributed by atoms with Crippen molar-refractivity contribution in [2.75, 3.05) is 31.5 Å². The van der Waals surface area contributed by atoms with Gasteiger partial charge in [-0.25, -0.2) is 18.2 Å². The van der Waals surface area contributed by atoms with E-state index >= 15 is 0 Å². The van der Waals surface area contributed by atoms with Crippen LogP contribution in [-0.2, 0) is 33.6 Å². The van der Waals surface area contributed by atoms with Gasteiger partial charge >= 0.3 is 5.97 Å². The van der Waals surface area contributed by atoms with Crippen molar-refractivity contribution in [3.05, 3.63) is 107 Å². The number of carbonyl (C=O) groups excluding carboxylic acids is 1. The Bertz CT molecular complexity index is 1910. The summed E-state index contributed by atoms with van der Waals surface area (Å²) >= 11 is 0. The minimum absolute atomic E-state index is 0.142. The summed E-state index contributed by atoms with van der Waals surface area (Å²) in [6.45, 7) is 2.85. The number of likely N-dealkylation sites (tertiary alicyclic amines) is 1. The van der Waals surface area contributed by atoms with Crippen LogP contribution in [0.15, 0.2) is 84.9 Å². The molecule has 1 atom stereocenters. The molecule has 3 aromatic carbocycles. The van der Waals surface area contributed by atoms with E-state index in [1.54, 1.807) is 12.1 Å². The zero-order valence-electron chi connectivity index (χ0n) is 24.8. The summed E-state index contributed by atoms with van der Waals surface area (Å²) in [5.41, 5.74) is 9.63. The molecule has 0 spiro atoms. The highest BCUT2D eigenvalue weighted by atomic mass is 32.2. The van der Waals surface area contributed by atoms with Crippen LogP contribution in [0.2, 0.25) is 0 Å². The summed E-state index contributed by atoms with van der Waals surface area (Å²) in [5.74, 6) is -0.256. The second kappa shape index (κ2) is 12.8. The topological polar surface area (TPSA) is 120 Å². The van der Waals surface area contributed by atoms with Crippen molar-refractivity contribution in [2.45, 2.75) is 31.7 Å². The number of hydrogen-bond donors (Lipinski definition) is 2. The van der Waals surface area contributed by atoms with Crippen LogP contribution in [0, 0.1) is 5.92 Å². The van der Waals surface area contributed by atoms with E-state index in [9.17, 15) is 13.2 Å². The maximum atomic E-state index is 13.6. The number of anilines is 1. The molecule has 5 aromatic rings. The fourth-order valence-electron chi connectivity index (χ4n) is 6.05. The Morgan fingerprint density at radius 3 is 2.61 bits per heavy atom. The molecule has 44 heavy (non-hydrogen) atoms. The maximum absolute atomic E-state index is 13.6. The molecular formula is C34H37N5O4S. The van der Waals surface area contributed by atoms with Crippen LogP contribution < -0.4 is 10.5 Å². The quantitative estimate of drug-likeness (QED) is 0.210. The number of ether oxygens (including phenoxy) is 1. The van der Waals surface area contributed by atoms with E-state index < -0.39 is 16.0 Å². The number of sulfonamides is 1. The standard InChI is InChI=1S/C34H37N5O4S/c1-38-15-7-10-25(20-38)22-43-34(40)32-18-27-13-14-29(19-35)36-33(27)39(32)21-28-17-30(16-26-11-5-6-12-31(26)28)37-44(41,42)23-24-8-3-2-4-9-24/h2-6,8-9,11-14,16-18,25,37H,7,10,15,19-23,35H2,1H3. The van der Waals surface area contributed by atoms with Gasteiger partial charge in [0.2, 0.25) is 10.0 Å². The first-order valence-corrected chi connectivity index (χ1v) is 16.5. The SMILES string of the molecule is CN1CCCC(COC(=O)c2cc3ccc(CN)nc3n2Cc2cc(NS(=O)(=O)Cc3ccccc3)cc3ccccc23)C1. The number of esters is 1. The lowest BCUT2D eigenvalue weighted by Crippen LogP contribution is -2.34. The number of nitrogens with zero attached hydrogens (tertiary/aromatic N) is 3. The minimum atomic E-state index is -3.68. The Hall–Kier alpha value is -4.25. The van der Waals surface area contributed by atoms with Gasteiger partial charge in [0.1, 0.15) is 11.3 Å². The summed E-state index contributed by atoms with van der Waals surface area (Å²) in [7, 11) is -1.59. The number of pyridine rings is 1. The maximum Gasteiger partial charge on any atom is 0.355 e. The Morgan fingerprint density at radius 2 is 1.82 bits per heavy atom. The lowest BCUT2D eigenvalue weighted by atomic mass is 10.00. The molecule has 6 rings (SSSR count). The van der Waals surface area contributed by atoms with E-state index in [2.05, 4.69) is 16.7 Å². The first-order valence-electron chi connectivity index (χ1n) is 14.9. The Morgan fingerprint density at radius 1 is 1.02 bits per heavy atom. The van der Waals surface area contributed by atoms with Gasteiger partial charge in [-0.1, -0.05) is 54.6 Å². The summed E-state index contributed by atoms with van der Waals surface area (Å²) in [5, 5.41) is 2.62. The second-order valence-corrected chi connectivity index (χ2v) is 13.3. The van der Waals surface area contributed by atoms with Gasteiger partial charge in [-0.3, -0.25) is 4.72 Å². The molecule has 0 aliphatic carbocycles. The van der Waals surface area contributed by atoms with E-state index in [0.717, 1.165) is 47.7 Å². The molecule has 0 bridgehead atoms. The first kappa shape index (κ1) is 29.8. The summed E-state index contributed by atoms with van der Waals surface area (Å²) in [4.78, 5) is 20.6. The molecule has 0 amide bonds. The molecule has 10 heteroatoms. The van der Waals surface area contributed by atoms with Gasteiger partial charge in [0.05, 0.1) is 24.6 Å². The van der Waals surface area contributed by atoms with Crippen LogP contribution in [0.5, 0.6) is 0 Å². The van der Waals surface area contributed by atoms with Crippen molar-refractivity contribution in [1.82, 2.24) is 14.5 Å². The first-order chi connectivity index (χ1) is 21.3. The fraction of sp³-hybridized carbons (Fsp3) is 0.294. The number of aromatic nitrogens is 2. The van der Waals surface area contributed by atoms with Gasteiger partial charge in [-0.2, -0.15) is 0 Å². The van der Waals surface area contributed by atoms with Gasteiger partial charge < -0.3 is 19.9 Å². The van der Waals surface area contributed by atoms with Gasteiger partial charge in [0, 0.05) is 30.1 Å². The average Bonchev–Trinajstić information content (AvgIpc) is 3.37. The summed E-state index contributed by atoms with van der Waals surface area (Å²) in [6, 6.07) is 26.1. The van der Waals surface area contributed by atoms with Crippen LogP contribution in [-0.4, -0.2) is 55.6 Å². The van der Waals surface area contributed by atoms with Gasteiger partial charge in [-0.05, 0) is 78.7 Å². The van der Waals surface area contributed by atoms with Crippen molar-refractivity contribution in [3.63, 3.8) is 0 Å². The number of hydrogen-bond acceptors (Lipinski definition) is 7. The highest BCUT2D eigenvalue weighted by Crippen LogP contribution is 2.29. The Kier molecular flexibility index (Phi) is 8.65. The molecule has 3 heterocycles. The highest BCUT2D eigenvalue weighted by molar-refractivity contribution is 7.91. The number of piperidine rings is 1. The molecule has 1 aliphatic rings. The van der Waals surface area contributed by atoms with Crippen LogP contribution in [0.3, 0.4) is 0 Å². The van der Waals surface area contributed by atoms with E-state index in [-0.39, 0.29) is 18.8 Å². The molecule has 1 unspecified atom stereocenters. The number of fused-ring (bicyclic) bond motifs is 2. The molecule has 2 aromatic heterocycles. The van der Waals surface area contributed by atoms with Gasteiger partial charge in [-0.15, -0.1) is 0 Å². The highest BCUT2D eigenvalue weighted by Gasteiger charge is 2.23. The van der Waals surface area contributed by atoms with Crippen LogP contribution in [0.4, 0.5) is 5.69 Å². The normalized spacial score (nSPS) is 15.9. The van der Waals surface area contributed by atoms with Crippen LogP contribution in [0.1, 0.15) is 40.2 Å². The van der Waals surface area contributed by atoms with E-state index in [4.69, 9.17) is 15.5 Å². The van der Waals surface area contributed by atoms with Crippen molar-refractivity contribution >= 4 is 43.5 Å². The number of rotatable bonds is 10. The predicted molar refractivity (Wildman–Crippen MR) is 174 cm³/mol. The lowest BCUT2D eigenvalue weighted by Gasteiger charge is -2.29. The third-order valence-corrected chi connectivity index (χ3v) is 9.40. The van der Waals surface area contributed by atoms with Crippen molar-refractivity contribution in [1.29, 1.82) is 0 Å². The average molecular weight is 612 g/mol. The van der Waals surface area contributed by atoms with Gasteiger partial charge in [0.15, 0.2) is 0 Å². The molecular weight excluding hydrogens is 574 g/mol. The largest absolute Gasteiger partial charge is 0.461 e. The molecule has 1 fully saturated rings. The summed E-state index contributed by atoms with van der Waals surface area (Å²) < 4.78 is 36.8. The van der Waals surface area contributed by atoms with Gasteiger partial charge in [0.25, 0.3) is 0 Å². The zero-order chi connectivity index (χ0) is 30.7. The molecule has 1 aliphatic heterocycles. The number of nitrogens with two attached hydrogens (primary N) is 1. The molecule has 0 radical (unpaired) electrons. The smallest absolute Gasteiger partial charge is 0.355 e. The number of benzene rings is 3. The predicted octanol–water partition coefficient (Wildman–Crippen LogP) is 5.14. The number of carbonyl (C=O) groups is 1. The Labute approximate surface area is 257 Å². The molecule has 3 N–H and O–H groups in total. The van der Waals surface area contributed by atoms with Crippen LogP contribution in [0.25, 0.3) is 21.8 Å². The van der Waals surface area contributed by atoms with Crippen molar-refractivity contribution in [2.24, 2.45) is 11.7 Å². The third-order valence-electron chi connectivity index (χ3n) is 8.14. The van der Waals surface area contributed by atoms with Crippen molar-refractivity contribution in [3.8, 4) is 0 Å².